The SMILES string of the molecule is CCCCCCCCCCCCCCCCCC[C@H](C)C[C@H](C)[C@H](O)[C@H](C)C(=O)OC1[C@H](O)C(CO)O[C@H](O[C@H]2OC(CO)[C@@H](O)C(O)[C@@H]2O)[C@@H]1OC(=O)CCCCCCCCCCCCCCCCC. The molecule has 14 atom stereocenters. The third-order valence-electron chi connectivity index (χ3n) is 15.2. The zero-order valence-electron chi connectivity index (χ0n) is 45.5. The monoisotopic (exact) mass is 1020 g/mol. The number of carbonyl (C=O) groups is 2. The average Bonchev–Trinajstić information content (AvgIpc) is 3.36. The number of esters is 2. The average molecular weight is 1020 g/mol. The van der Waals surface area contributed by atoms with Crippen molar-refractivity contribution in [3.8, 4) is 0 Å². The fourth-order valence-corrected chi connectivity index (χ4v) is 10.4. The number of unbranched alkanes of at least 4 members (excludes halogenated alkanes) is 29. The van der Waals surface area contributed by atoms with Gasteiger partial charge in [0, 0.05) is 6.42 Å². The summed E-state index contributed by atoms with van der Waals surface area (Å²) in [7, 11) is 0. The van der Waals surface area contributed by atoms with Gasteiger partial charge in [0.1, 0.15) is 36.6 Å². The molecule has 0 radical (unpaired) electrons. The normalized spacial score (nSPS) is 26.5. The molecule has 14 heteroatoms. The molecule has 0 amide bonds. The summed E-state index contributed by atoms with van der Waals surface area (Å²) in [5, 5.41) is 74.5. The minimum Gasteiger partial charge on any atom is -0.455 e. The highest BCUT2D eigenvalue weighted by molar-refractivity contribution is 5.73. The van der Waals surface area contributed by atoms with Crippen molar-refractivity contribution < 1.29 is 69.0 Å². The largest absolute Gasteiger partial charge is 0.455 e. The summed E-state index contributed by atoms with van der Waals surface area (Å²) < 4.78 is 29.0. The van der Waals surface area contributed by atoms with Crippen molar-refractivity contribution in [2.75, 3.05) is 13.2 Å². The van der Waals surface area contributed by atoms with Gasteiger partial charge < -0.3 is 59.4 Å². The molecule has 0 saturated carbocycles. The maximum Gasteiger partial charge on any atom is 0.311 e. The molecule has 2 fully saturated rings. The molecule has 0 spiro atoms. The van der Waals surface area contributed by atoms with Crippen LogP contribution in [-0.4, -0.2) is 128 Å². The third kappa shape index (κ3) is 27.2. The Bertz CT molecular complexity index is 1290. The molecule has 2 saturated heterocycles. The summed E-state index contributed by atoms with van der Waals surface area (Å²) in [6, 6.07) is 0. The molecular formula is C57H108O14. The summed E-state index contributed by atoms with van der Waals surface area (Å²) in [5.74, 6) is -2.54. The molecule has 4 unspecified atom stereocenters. The summed E-state index contributed by atoms with van der Waals surface area (Å²) in [4.78, 5) is 27.3. The van der Waals surface area contributed by atoms with E-state index in [1.165, 1.54) is 161 Å². The van der Waals surface area contributed by atoms with Crippen LogP contribution in [0, 0.1) is 17.8 Å². The van der Waals surface area contributed by atoms with Crippen molar-refractivity contribution in [2.24, 2.45) is 17.8 Å². The van der Waals surface area contributed by atoms with Crippen LogP contribution in [0.25, 0.3) is 0 Å². The molecule has 0 aromatic rings. The van der Waals surface area contributed by atoms with Gasteiger partial charge in [-0.2, -0.15) is 0 Å². The van der Waals surface area contributed by atoms with Gasteiger partial charge in [-0.3, -0.25) is 9.59 Å². The van der Waals surface area contributed by atoms with E-state index in [0.29, 0.717) is 18.8 Å². The van der Waals surface area contributed by atoms with E-state index in [0.717, 1.165) is 38.5 Å². The Labute approximate surface area is 431 Å². The second-order valence-electron chi connectivity index (χ2n) is 21.8. The van der Waals surface area contributed by atoms with E-state index in [-0.39, 0.29) is 12.3 Å². The molecule has 71 heavy (non-hydrogen) atoms. The second kappa shape index (κ2) is 40.8. The second-order valence-corrected chi connectivity index (χ2v) is 21.8. The lowest BCUT2D eigenvalue weighted by atomic mass is 9.85. The predicted octanol–water partition coefficient (Wildman–Crippen LogP) is 10.3. The summed E-state index contributed by atoms with van der Waals surface area (Å²) in [6.07, 6.45) is 22.6. The molecule has 0 aliphatic carbocycles. The first-order chi connectivity index (χ1) is 34.3. The Morgan fingerprint density at radius 3 is 1.31 bits per heavy atom. The molecule has 2 rings (SSSR count). The Morgan fingerprint density at radius 2 is 0.873 bits per heavy atom. The van der Waals surface area contributed by atoms with E-state index in [9.17, 15) is 45.3 Å². The molecule has 2 heterocycles. The number of carbonyl (C=O) groups excluding carboxylic acids is 2. The molecule has 7 N–H and O–H groups in total. The van der Waals surface area contributed by atoms with Crippen molar-refractivity contribution in [3.63, 3.8) is 0 Å². The van der Waals surface area contributed by atoms with E-state index in [1.54, 1.807) is 6.92 Å². The van der Waals surface area contributed by atoms with E-state index in [2.05, 4.69) is 20.8 Å². The van der Waals surface area contributed by atoms with Crippen LogP contribution in [0.1, 0.15) is 253 Å². The van der Waals surface area contributed by atoms with Crippen molar-refractivity contribution in [1.29, 1.82) is 0 Å². The zero-order chi connectivity index (χ0) is 52.2. The van der Waals surface area contributed by atoms with Crippen molar-refractivity contribution in [3.05, 3.63) is 0 Å². The molecule has 2 aliphatic heterocycles. The first-order valence-electron chi connectivity index (χ1n) is 29.3. The van der Waals surface area contributed by atoms with Crippen LogP contribution in [0.15, 0.2) is 0 Å². The van der Waals surface area contributed by atoms with Gasteiger partial charge in [-0.1, -0.05) is 227 Å². The molecule has 0 aromatic heterocycles. The number of hydrogen-bond donors (Lipinski definition) is 7. The van der Waals surface area contributed by atoms with Crippen LogP contribution in [0.2, 0.25) is 0 Å². The molecule has 2 aliphatic rings. The molecule has 420 valence electrons. The standard InChI is InChI=1S/C57H108O14/c1-6-8-10-12-14-16-18-20-22-24-25-27-29-31-33-35-37-42(3)39-43(4)48(61)44(5)55(66)70-53-50(63)46(41-59)68-57(71-56-52(65)51(64)49(62)45(40-58)67-56)54(53)69-47(60)38-36-34-32-30-28-26-23-21-19-17-15-13-11-9-7-2/h42-46,48-54,56-59,61-65H,6-41H2,1-5H3/t42-,43-,44-,45?,46?,48-,49+,50+,51?,52-,53?,54+,56+,57+/m0/s1. The van der Waals surface area contributed by atoms with Crippen LogP contribution in [-0.2, 0) is 33.3 Å². The lowest BCUT2D eigenvalue weighted by Gasteiger charge is -2.46. The summed E-state index contributed by atoms with van der Waals surface area (Å²) >= 11 is 0. The fourth-order valence-electron chi connectivity index (χ4n) is 10.4. The summed E-state index contributed by atoms with van der Waals surface area (Å²) in [6.45, 7) is 8.61. The van der Waals surface area contributed by atoms with Gasteiger partial charge in [0.25, 0.3) is 0 Å². The fraction of sp³-hybridized carbons (Fsp3) is 0.965. The summed E-state index contributed by atoms with van der Waals surface area (Å²) in [5.41, 5.74) is 0. The highest BCUT2D eigenvalue weighted by Crippen LogP contribution is 2.33. The van der Waals surface area contributed by atoms with Gasteiger partial charge in [-0.25, -0.2) is 0 Å². The van der Waals surface area contributed by atoms with E-state index in [4.69, 9.17) is 23.7 Å². The Kier molecular flexibility index (Phi) is 37.7. The first kappa shape index (κ1) is 65.7. The topological polar surface area (TPSA) is 222 Å². The smallest absolute Gasteiger partial charge is 0.311 e. The first-order valence-corrected chi connectivity index (χ1v) is 29.3. The lowest BCUT2D eigenvalue weighted by molar-refractivity contribution is -0.377. The van der Waals surface area contributed by atoms with E-state index >= 15 is 0 Å². The number of aliphatic hydroxyl groups is 7. The quantitative estimate of drug-likeness (QED) is 0.0223. The highest BCUT2D eigenvalue weighted by Gasteiger charge is 2.53. The Hall–Kier alpha value is -1.46. The van der Waals surface area contributed by atoms with Gasteiger partial charge in [0.2, 0.25) is 6.29 Å². The van der Waals surface area contributed by atoms with Crippen molar-refractivity contribution in [1.82, 2.24) is 0 Å². The minimum atomic E-state index is -1.85. The molecule has 0 aromatic carbocycles. The van der Waals surface area contributed by atoms with Crippen LogP contribution in [0.4, 0.5) is 0 Å². The number of ether oxygens (including phenoxy) is 5. The van der Waals surface area contributed by atoms with Crippen LogP contribution < -0.4 is 0 Å². The van der Waals surface area contributed by atoms with Gasteiger partial charge >= 0.3 is 11.9 Å². The predicted molar refractivity (Wildman–Crippen MR) is 278 cm³/mol. The van der Waals surface area contributed by atoms with Crippen LogP contribution in [0.3, 0.4) is 0 Å². The Morgan fingerprint density at radius 1 is 0.479 bits per heavy atom. The minimum absolute atomic E-state index is 0.00592. The van der Waals surface area contributed by atoms with Crippen molar-refractivity contribution in [2.45, 2.75) is 320 Å². The van der Waals surface area contributed by atoms with E-state index < -0.39 is 98.6 Å². The van der Waals surface area contributed by atoms with Gasteiger partial charge in [-0.15, -0.1) is 0 Å². The number of hydrogen-bond acceptors (Lipinski definition) is 14. The van der Waals surface area contributed by atoms with Crippen molar-refractivity contribution >= 4 is 11.9 Å². The van der Waals surface area contributed by atoms with Crippen LogP contribution >= 0.6 is 0 Å². The molecular weight excluding hydrogens is 909 g/mol. The highest BCUT2D eigenvalue weighted by atomic mass is 16.8. The molecule has 0 bridgehead atoms. The number of aliphatic hydroxyl groups excluding tert-OH is 7. The van der Waals surface area contributed by atoms with Gasteiger partial charge in [-0.05, 0) is 31.6 Å². The van der Waals surface area contributed by atoms with Gasteiger partial charge in [0.15, 0.2) is 18.5 Å². The molecule has 14 nitrogen and oxygen atoms in total. The maximum atomic E-state index is 13.9. The number of rotatable bonds is 44. The van der Waals surface area contributed by atoms with E-state index in [1.807, 2.05) is 6.92 Å². The lowest BCUT2D eigenvalue weighted by Crippen LogP contribution is -2.65. The van der Waals surface area contributed by atoms with Crippen LogP contribution in [0.5, 0.6) is 0 Å². The zero-order valence-corrected chi connectivity index (χ0v) is 45.5. The van der Waals surface area contributed by atoms with Gasteiger partial charge in [0.05, 0.1) is 25.2 Å². The maximum absolute atomic E-state index is 13.9. The third-order valence-corrected chi connectivity index (χ3v) is 15.2. The Balaban J connectivity index is 1.91.